The Morgan fingerprint density at radius 2 is 2.33 bits per heavy atom. The lowest BCUT2D eigenvalue weighted by Crippen LogP contribution is -2.14. The molecular weight excluding hydrogens is 93.0 g/mol. The summed E-state index contributed by atoms with van der Waals surface area (Å²) in [6.45, 7) is 3.24. The third kappa shape index (κ3) is 4.39. The molecule has 2 unspecified atom stereocenters. The predicted octanol–water partition coefficient (Wildman–Crippen LogP) is 0.469. The second-order valence-electron chi connectivity index (χ2n) is 1.53. The third-order valence-electron chi connectivity index (χ3n) is 0.526. The lowest BCUT2D eigenvalue weighted by atomic mass is 10.5. The van der Waals surface area contributed by atoms with Crippen LogP contribution in [-0.2, 0) is 0 Å². The smallest absolute Gasteiger partial charge is 0.000850 e. The molecule has 0 saturated carbocycles. The fraction of sp³-hybridized carbons (Fsp3) is 1.00. The molecule has 0 bridgehead atoms. The minimum atomic E-state index is 0.704. The molecule has 1 nitrogen and oxygen atoms in total. The fourth-order valence-electron chi connectivity index (χ4n) is 0.322. The number of hydrogen-bond acceptors (Lipinski definition) is 1. The maximum atomic E-state index is 3.05. The molecule has 0 aromatic heterocycles. The summed E-state index contributed by atoms with van der Waals surface area (Å²) in [4.78, 5) is 0. The SMILES string of the molecule is CNCC(C)P. The van der Waals surface area contributed by atoms with Crippen LogP contribution in [0.3, 0.4) is 0 Å². The van der Waals surface area contributed by atoms with Crippen molar-refractivity contribution in [3.05, 3.63) is 0 Å². The van der Waals surface area contributed by atoms with Crippen LogP contribution in [0.25, 0.3) is 0 Å². The molecule has 0 saturated heterocycles. The first-order valence-corrected chi connectivity index (χ1v) is 2.84. The molecule has 0 spiro atoms. The zero-order valence-electron chi connectivity index (χ0n) is 4.36. The molecule has 0 heterocycles. The predicted molar refractivity (Wildman–Crippen MR) is 33.1 cm³/mol. The Kier molecular flexibility index (Phi) is 3.81. The van der Waals surface area contributed by atoms with Crippen LogP contribution in [0.5, 0.6) is 0 Å². The molecule has 0 rings (SSSR count). The van der Waals surface area contributed by atoms with Gasteiger partial charge in [0.2, 0.25) is 0 Å². The number of nitrogens with one attached hydrogen (secondary N) is 1. The van der Waals surface area contributed by atoms with Gasteiger partial charge in [0.15, 0.2) is 0 Å². The Morgan fingerprint density at radius 1 is 1.83 bits per heavy atom. The molecule has 1 N–H and O–H groups in total. The molecule has 6 heavy (non-hydrogen) atoms. The number of rotatable bonds is 2. The van der Waals surface area contributed by atoms with Gasteiger partial charge in [-0.2, -0.15) is 0 Å². The van der Waals surface area contributed by atoms with Gasteiger partial charge in [0.05, 0.1) is 0 Å². The Hall–Kier alpha value is 0.390. The highest BCUT2D eigenvalue weighted by Crippen LogP contribution is 1.92. The van der Waals surface area contributed by atoms with Crippen LogP contribution in [0, 0.1) is 0 Å². The number of hydrogen-bond donors (Lipinski definition) is 1. The van der Waals surface area contributed by atoms with E-state index in [1.807, 2.05) is 7.05 Å². The quantitative estimate of drug-likeness (QED) is 0.503. The van der Waals surface area contributed by atoms with Gasteiger partial charge in [0, 0.05) is 6.54 Å². The Labute approximate surface area is 41.7 Å². The highest BCUT2D eigenvalue weighted by molar-refractivity contribution is 7.17. The Morgan fingerprint density at radius 3 is 2.33 bits per heavy atom. The van der Waals surface area contributed by atoms with Crippen molar-refractivity contribution in [3.63, 3.8) is 0 Å². The van der Waals surface area contributed by atoms with Crippen molar-refractivity contribution in [1.29, 1.82) is 0 Å². The van der Waals surface area contributed by atoms with E-state index < -0.39 is 0 Å². The standard InChI is InChI=1S/C4H12NP/c1-4(6)3-5-2/h4-5H,3,6H2,1-2H3. The van der Waals surface area contributed by atoms with Gasteiger partial charge < -0.3 is 5.32 Å². The molecule has 0 aliphatic heterocycles. The first kappa shape index (κ1) is 6.39. The van der Waals surface area contributed by atoms with Crippen LogP contribution in [0.1, 0.15) is 6.92 Å². The van der Waals surface area contributed by atoms with E-state index in [1.54, 1.807) is 0 Å². The van der Waals surface area contributed by atoms with E-state index >= 15 is 0 Å². The molecular formula is C4H12NP. The molecule has 2 atom stereocenters. The van der Waals surface area contributed by atoms with Crippen LogP contribution in [0.4, 0.5) is 0 Å². The van der Waals surface area contributed by atoms with E-state index in [0.717, 1.165) is 6.54 Å². The summed E-state index contributed by atoms with van der Waals surface area (Å²) in [6, 6.07) is 0. The second-order valence-corrected chi connectivity index (χ2v) is 2.67. The zero-order valence-corrected chi connectivity index (χ0v) is 5.52. The van der Waals surface area contributed by atoms with E-state index in [-0.39, 0.29) is 0 Å². The summed E-state index contributed by atoms with van der Waals surface area (Å²) >= 11 is 0. The summed E-state index contributed by atoms with van der Waals surface area (Å²) < 4.78 is 0. The van der Waals surface area contributed by atoms with Crippen LogP contribution in [0.15, 0.2) is 0 Å². The summed E-state index contributed by atoms with van der Waals surface area (Å²) in [5.74, 6) is 0. The van der Waals surface area contributed by atoms with Crippen LogP contribution in [-0.4, -0.2) is 19.3 Å². The van der Waals surface area contributed by atoms with E-state index in [2.05, 4.69) is 21.5 Å². The first-order chi connectivity index (χ1) is 2.77. The molecule has 2 heteroatoms. The van der Waals surface area contributed by atoms with Crippen molar-refractivity contribution in [3.8, 4) is 0 Å². The Bertz CT molecular complexity index is 28.7. The third-order valence-corrected chi connectivity index (χ3v) is 0.762. The molecule has 38 valence electrons. The van der Waals surface area contributed by atoms with Gasteiger partial charge in [-0.25, -0.2) is 0 Å². The molecule has 0 aliphatic carbocycles. The van der Waals surface area contributed by atoms with Crippen molar-refractivity contribution < 1.29 is 0 Å². The van der Waals surface area contributed by atoms with Gasteiger partial charge >= 0.3 is 0 Å². The van der Waals surface area contributed by atoms with Crippen LogP contribution >= 0.6 is 9.24 Å². The van der Waals surface area contributed by atoms with Gasteiger partial charge in [0.25, 0.3) is 0 Å². The minimum Gasteiger partial charge on any atom is -0.319 e. The van der Waals surface area contributed by atoms with Crippen molar-refractivity contribution in [2.45, 2.75) is 12.6 Å². The molecule has 0 aromatic rings. The van der Waals surface area contributed by atoms with Crippen molar-refractivity contribution in [2.75, 3.05) is 13.6 Å². The van der Waals surface area contributed by atoms with E-state index in [0.29, 0.717) is 5.66 Å². The molecule has 0 aliphatic rings. The van der Waals surface area contributed by atoms with Gasteiger partial charge in [-0.3, -0.25) is 0 Å². The van der Waals surface area contributed by atoms with Gasteiger partial charge in [0.1, 0.15) is 0 Å². The maximum absolute atomic E-state index is 3.05. The van der Waals surface area contributed by atoms with E-state index in [1.165, 1.54) is 0 Å². The molecule has 0 aromatic carbocycles. The maximum Gasteiger partial charge on any atom is 0.000850 e. The molecule has 0 radical (unpaired) electrons. The average Bonchev–Trinajstić information content (AvgIpc) is 1.35. The highest BCUT2D eigenvalue weighted by Gasteiger charge is 1.84. The summed E-state index contributed by atoms with van der Waals surface area (Å²) in [5, 5.41) is 3.05. The lowest BCUT2D eigenvalue weighted by Gasteiger charge is -1.98. The Balaban J connectivity index is 2.63. The summed E-state index contributed by atoms with van der Waals surface area (Å²) in [5.41, 5.74) is 0.704. The second kappa shape index (κ2) is 3.58. The topological polar surface area (TPSA) is 12.0 Å². The molecule has 0 amide bonds. The normalized spacial score (nSPS) is 14.5. The first-order valence-electron chi connectivity index (χ1n) is 2.17. The summed E-state index contributed by atoms with van der Waals surface area (Å²) in [6.07, 6.45) is 0. The van der Waals surface area contributed by atoms with Crippen molar-refractivity contribution in [2.24, 2.45) is 0 Å². The van der Waals surface area contributed by atoms with Crippen LogP contribution in [0.2, 0.25) is 0 Å². The van der Waals surface area contributed by atoms with E-state index in [4.69, 9.17) is 0 Å². The lowest BCUT2D eigenvalue weighted by molar-refractivity contribution is 0.785. The van der Waals surface area contributed by atoms with Gasteiger partial charge in [-0.05, 0) is 12.7 Å². The zero-order chi connectivity index (χ0) is 4.99. The fourth-order valence-corrected chi connectivity index (χ4v) is 0.558. The highest BCUT2D eigenvalue weighted by atomic mass is 31.0. The van der Waals surface area contributed by atoms with E-state index in [9.17, 15) is 0 Å². The summed E-state index contributed by atoms with van der Waals surface area (Å²) in [7, 11) is 4.67. The van der Waals surface area contributed by atoms with Crippen molar-refractivity contribution in [1.82, 2.24) is 5.32 Å². The van der Waals surface area contributed by atoms with Gasteiger partial charge in [-0.1, -0.05) is 6.92 Å². The largest absolute Gasteiger partial charge is 0.319 e. The van der Waals surface area contributed by atoms with Crippen LogP contribution < -0.4 is 5.32 Å². The van der Waals surface area contributed by atoms with Gasteiger partial charge in [-0.15, -0.1) is 9.24 Å². The monoisotopic (exact) mass is 105 g/mol. The average molecular weight is 105 g/mol. The minimum absolute atomic E-state index is 0.704. The van der Waals surface area contributed by atoms with Crippen molar-refractivity contribution >= 4 is 9.24 Å². The molecule has 0 fully saturated rings.